The third kappa shape index (κ3) is 2.57. The molecular formula is C16H18O3S. The highest BCUT2D eigenvalue weighted by molar-refractivity contribution is 7.80. The quantitative estimate of drug-likeness (QED) is 0.681. The maximum absolute atomic E-state index is 12.1. The van der Waals surface area contributed by atoms with Crippen LogP contribution in [0.25, 0.3) is 5.57 Å². The number of thiol groups is 1. The van der Waals surface area contributed by atoms with Crippen molar-refractivity contribution in [2.24, 2.45) is 5.92 Å². The number of carbonyl (C=O) groups is 1. The van der Waals surface area contributed by atoms with Gasteiger partial charge in [-0.3, -0.25) is 0 Å². The zero-order chi connectivity index (χ0) is 14.3. The molecule has 3 nitrogen and oxygen atoms in total. The van der Waals surface area contributed by atoms with Gasteiger partial charge in [0.05, 0.1) is 12.2 Å². The summed E-state index contributed by atoms with van der Waals surface area (Å²) in [5, 5.41) is 0. The van der Waals surface area contributed by atoms with Crippen molar-refractivity contribution in [3.8, 4) is 0 Å². The van der Waals surface area contributed by atoms with E-state index in [2.05, 4.69) is 12.6 Å². The van der Waals surface area contributed by atoms with E-state index in [1.807, 2.05) is 38.1 Å². The van der Waals surface area contributed by atoms with Crippen LogP contribution in [0.5, 0.6) is 0 Å². The van der Waals surface area contributed by atoms with Crippen molar-refractivity contribution >= 4 is 24.2 Å². The lowest BCUT2D eigenvalue weighted by atomic mass is 9.92. The molecule has 0 aromatic heterocycles. The Morgan fingerprint density at radius 1 is 1.30 bits per heavy atom. The minimum atomic E-state index is -0.659. The molecule has 0 atom stereocenters. The van der Waals surface area contributed by atoms with Crippen molar-refractivity contribution in [2.75, 3.05) is 6.61 Å². The highest BCUT2D eigenvalue weighted by atomic mass is 32.1. The van der Waals surface area contributed by atoms with Gasteiger partial charge in [0, 0.05) is 4.90 Å². The molecule has 0 radical (unpaired) electrons. The highest BCUT2D eigenvalue weighted by Crippen LogP contribution is 2.41. The van der Waals surface area contributed by atoms with Gasteiger partial charge >= 0.3 is 5.97 Å². The smallest absolute Gasteiger partial charge is 0.374 e. The van der Waals surface area contributed by atoms with E-state index in [9.17, 15) is 4.79 Å². The molecule has 0 amide bonds. The van der Waals surface area contributed by atoms with Gasteiger partial charge in [-0.25, -0.2) is 4.79 Å². The second-order valence-corrected chi connectivity index (χ2v) is 6.42. The van der Waals surface area contributed by atoms with Crippen LogP contribution >= 0.6 is 12.6 Å². The van der Waals surface area contributed by atoms with Crippen LogP contribution in [0.2, 0.25) is 0 Å². The molecule has 20 heavy (non-hydrogen) atoms. The number of carbonyl (C=O) groups excluding carboxylic acids is 1. The molecule has 0 spiro atoms. The van der Waals surface area contributed by atoms with Gasteiger partial charge in [0.1, 0.15) is 5.60 Å². The summed E-state index contributed by atoms with van der Waals surface area (Å²) in [5.74, 6) is 0.606. The average molecular weight is 290 g/mol. The maximum atomic E-state index is 12.1. The first kappa shape index (κ1) is 13.6. The van der Waals surface area contributed by atoms with E-state index in [1.165, 1.54) is 12.8 Å². The van der Waals surface area contributed by atoms with Crippen LogP contribution in [0.4, 0.5) is 0 Å². The summed E-state index contributed by atoms with van der Waals surface area (Å²) < 4.78 is 11.2. The zero-order valence-electron chi connectivity index (χ0n) is 11.7. The molecule has 1 saturated carbocycles. The van der Waals surface area contributed by atoms with E-state index >= 15 is 0 Å². The van der Waals surface area contributed by atoms with Gasteiger partial charge in [-0.05, 0) is 50.3 Å². The lowest BCUT2D eigenvalue weighted by Crippen LogP contribution is -2.22. The van der Waals surface area contributed by atoms with Crippen molar-refractivity contribution < 1.29 is 14.3 Å². The Morgan fingerprint density at radius 2 is 1.95 bits per heavy atom. The Balaban J connectivity index is 1.98. The normalized spacial score (nSPS) is 21.1. The predicted molar refractivity (Wildman–Crippen MR) is 79.5 cm³/mol. The van der Waals surface area contributed by atoms with Crippen molar-refractivity contribution in [3.05, 3.63) is 35.6 Å². The molecule has 0 saturated heterocycles. The van der Waals surface area contributed by atoms with Gasteiger partial charge in [0.25, 0.3) is 0 Å². The molecule has 1 aliphatic carbocycles. The Kier molecular flexibility index (Phi) is 3.28. The lowest BCUT2D eigenvalue weighted by Gasteiger charge is -2.21. The minimum absolute atomic E-state index is 0.361. The molecule has 1 heterocycles. The number of rotatable bonds is 4. The molecule has 4 heteroatoms. The van der Waals surface area contributed by atoms with Crippen LogP contribution in [0, 0.1) is 5.92 Å². The van der Waals surface area contributed by atoms with E-state index in [0.717, 1.165) is 16.0 Å². The fourth-order valence-corrected chi connectivity index (χ4v) is 2.58. The Hall–Kier alpha value is -1.42. The summed E-state index contributed by atoms with van der Waals surface area (Å²) in [7, 11) is 0. The van der Waals surface area contributed by atoms with Gasteiger partial charge in [-0.15, -0.1) is 12.6 Å². The van der Waals surface area contributed by atoms with Crippen LogP contribution in [0.3, 0.4) is 0 Å². The molecule has 3 rings (SSSR count). The van der Waals surface area contributed by atoms with Crippen LogP contribution in [-0.4, -0.2) is 18.2 Å². The van der Waals surface area contributed by atoms with E-state index in [0.29, 0.717) is 18.3 Å². The van der Waals surface area contributed by atoms with Crippen LogP contribution in [0.1, 0.15) is 32.3 Å². The topological polar surface area (TPSA) is 35.5 Å². The van der Waals surface area contributed by atoms with E-state index in [1.54, 1.807) is 0 Å². The molecule has 2 aliphatic rings. The monoisotopic (exact) mass is 290 g/mol. The zero-order valence-corrected chi connectivity index (χ0v) is 12.6. The molecule has 1 aromatic rings. The van der Waals surface area contributed by atoms with Crippen LogP contribution < -0.4 is 0 Å². The van der Waals surface area contributed by atoms with Gasteiger partial charge in [0.15, 0.2) is 0 Å². The van der Waals surface area contributed by atoms with Crippen molar-refractivity contribution in [3.63, 3.8) is 0 Å². The molecule has 1 aliphatic heterocycles. The molecule has 1 aromatic carbocycles. The SMILES string of the molecule is CC1(C)OC(=O)C(OCC2CC2)=C1c1ccc(S)cc1. The molecule has 1 fully saturated rings. The highest BCUT2D eigenvalue weighted by Gasteiger charge is 2.43. The van der Waals surface area contributed by atoms with Crippen LogP contribution in [0.15, 0.2) is 34.9 Å². The second kappa shape index (κ2) is 4.85. The summed E-state index contributed by atoms with van der Waals surface area (Å²) in [6.07, 6.45) is 2.38. The van der Waals surface area contributed by atoms with E-state index < -0.39 is 5.60 Å². The molecule has 0 unspecified atom stereocenters. The van der Waals surface area contributed by atoms with Gasteiger partial charge in [-0.2, -0.15) is 0 Å². The molecule has 0 N–H and O–H groups in total. The van der Waals surface area contributed by atoms with E-state index in [4.69, 9.17) is 9.47 Å². The van der Waals surface area contributed by atoms with Gasteiger partial charge in [0.2, 0.25) is 5.76 Å². The fraction of sp³-hybridized carbons (Fsp3) is 0.438. The minimum Gasteiger partial charge on any atom is -0.486 e. The lowest BCUT2D eigenvalue weighted by molar-refractivity contribution is -0.147. The largest absolute Gasteiger partial charge is 0.486 e. The van der Waals surface area contributed by atoms with E-state index in [-0.39, 0.29) is 5.97 Å². The average Bonchev–Trinajstić information content (AvgIpc) is 3.15. The van der Waals surface area contributed by atoms with Gasteiger partial charge in [-0.1, -0.05) is 12.1 Å². The Labute approximate surface area is 124 Å². The molecular weight excluding hydrogens is 272 g/mol. The third-order valence-electron chi connectivity index (χ3n) is 3.68. The number of ether oxygens (including phenoxy) is 2. The standard InChI is InChI=1S/C16H18O3S/c1-16(2)13(11-5-7-12(20)8-6-11)14(15(17)19-16)18-9-10-3-4-10/h5-8,10,20H,3-4,9H2,1-2H3. The Morgan fingerprint density at radius 3 is 2.55 bits per heavy atom. The number of esters is 1. The number of hydrogen-bond acceptors (Lipinski definition) is 4. The third-order valence-corrected chi connectivity index (χ3v) is 3.98. The van der Waals surface area contributed by atoms with Gasteiger partial charge < -0.3 is 9.47 Å². The van der Waals surface area contributed by atoms with Crippen molar-refractivity contribution in [1.29, 1.82) is 0 Å². The second-order valence-electron chi connectivity index (χ2n) is 5.91. The number of benzene rings is 1. The molecule has 0 bridgehead atoms. The fourth-order valence-electron chi connectivity index (χ4n) is 2.43. The predicted octanol–water partition coefficient (Wildman–Crippen LogP) is 3.45. The summed E-state index contributed by atoms with van der Waals surface area (Å²) in [6, 6.07) is 7.70. The van der Waals surface area contributed by atoms with Crippen molar-refractivity contribution in [1.82, 2.24) is 0 Å². The first-order valence-corrected chi connectivity index (χ1v) is 7.32. The summed E-state index contributed by atoms with van der Waals surface area (Å²) >= 11 is 4.29. The maximum Gasteiger partial charge on any atom is 0.374 e. The first-order chi connectivity index (χ1) is 9.47. The Bertz CT molecular complexity index is 568. The van der Waals surface area contributed by atoms with Crippen LogP contribution in [-0.2, 0) is 14.3 Å². The first-order valence-electron chi connectivity index (χ1n) is 6.87. The molecule has 106 valence electrons. The number of cyclic esters (lactones) is 1. The van der Waals surface area contributed by atoms with Crippen molar-refractivity contribution in [2.45, 2.75) is 37.2 Å². The summed E-state index contributed by atoms with van der Waals surface area (Å²) in [6.45, 7) is 4.39. The number of hydrogen-bond donors (Lipinski definition) is 1. The summed E-state index contributed by atoms with van der Waals surface area (Å²) in [5.41, 5.74) is 1.12. The summed E-state index contributed by atoms with van der Waals surface area (Å²) in [4.78, 5) is 12.9.